The molecule has 1 nitrogen and oxygen atoms in total. The van der Waals surface area contributed by atoms with Gasteiger partial charge in [0, 0.05) is 0 Å². The van der Waals surface area contributed by atoms with E-state index in [0.717, 1.165) is 42.4 Å². The molecule has 0 heterocycles. The number of benzene rings is 1. The molecule has 2 saturated carbocycles. The molecule has 25 heavy (non-hydrogen) atoms. The van der Waals surface area contributed by atoms with Crippen LogP contribution in [0.1, 0.15) is 63.0 Å². The Bertz CT molecular complexity index is 600. The average Bonchev–Trinajstić information content (AvgIpc) is 2.60. The summed E-state index contributed by atoms with van der Waals surface area (Å²) in [6, 6.07) is 5.57. The van der Waals surface area contributed by atoms with Crippen LogP contribution in [0, 0.1) is 29.6 Å². The van der Waals surface area contributed by atoms with Gasteiger partial charge in [-0.05, 0) is 104 Å². The maximum Gasteiger partial charge on any atom is 0.387 e. The summed E-state index contributed by atoms with van der Waals surface area (Å²) in [6.07, 6.45) is 12.0. The lowest BCUT2D eigenvalue weighted by Gasteiger charge is -2.44. The minimum Gasteiger partial charge on any atom is -0.435 e. The predicted octanol–water partition coefficient (Wildman–Crippen LogP) is 6.25. The van der Waals surface area contributed by atoms with Gasteiger partial charge in [0.15, 0.2) is 0 Å². The molecule has 1 aromatic rings. The first-order valence-corrected chi connectivity index (χ1v) is 10.1. The van der Waals surface area contributed by atoms with Crippen molar-refractivity contribution in [2.75, 3.05) is 0 Å². The van der Waals surface area contributed by atoms with Crippen molar-refractivity contribution in [3.05, 3.63) is 29.3 Å². The monoisotopic (exact) mass is 348 g/mol. The molecule has 0 aliphatic heterocycles. The summed E-state index contributed by atoms with van der Waals surface area (Å²) in [6.45, 7) is -0.311. The van der Waals surface area contributed by atoms with Gasteiger partial charge in [0.2, 0.25) is 0 Å². The molecule has 3 aliphatic rings. The van der Waals surface area contributed by atoms with Crippen LogP contribution in [0.4, 0.5) is 8.78 Å². The van der Waals surface area contributed by atoms with Gasteiger partial charge >= 0.3 is 6.61 Å². The molecule has 0 saturated heterocycles. The predicted molar refractivity (Wildman–Crippen MR) is 95.9 cm³/mol. The van der Waals surface area contributed by atoms with Gasteiger partial charge < -0.3 is 4.74 Å². The van der Waals surface area contributed by atoms with Crippen LogP contribution < -0.4 is 4.74 Å². The summed E-state index contributed by atoms with van der Waals surface area (Å²) < 4.78 is 29.3. The van der Waals surface area contributed by atoms with Crippen LogP contribution >= 0.6 is 0 Å². The SMILES string of the molecule is CC1CCC2CC(C3CCc4cc(OC(F)F)ccc4C3)CCC2C1. The van der Waals surface area contributed by atoms with E-state index in [0.29, 0.717) is 5.75 Å². The van der Waals surface area contributed by atoms with Crippen LogP contribution in [0.2, 0.25) is 0 Å². The first-order valence-electron chi connectivity index (χ1n) is 10.1. The van der Waals surface area contributed by atoms with E-state index < -0.39 is 6.61 Å². The van der Waals surface area contributed by atoms with E-state index in [1.54, 1.807) is 6.07 Å². The van der Waals surface area contributed by atoms with Gasteiger partial charge in [-0.25, -0.2) is 0 Å². The Morgan fingerprint density at radius 3 is 2.40 bits per heavy atom. The van der Waals surface area contributed by atoms with Crippen molar-refractivity contribution in [2.45, 2.75) is 71.3 Å². The molecule has 3 heteroatoms. The van der Waals surface area contributed by atoms with Gasteiger partial charge in [0.25, 0.3) is 0 Å². The fourth-order valence-electron chi connectivity index (χ4n) is 5.93. The zero-order valence-corrected chi connectivity index (χ0v) is 15.2. The molecule has 0 aromatic heterocycles. The molecule has 0 N–H and O–H groups in total. The highest BCUT2D eigenvalue weighted by atomic mass is 19.3. The Hall–Kier alpha value is -1.12. The Balaban J connectivity index is 1.39. The van der Waals surface area contributed by atoms with E-state index in [1.807, 2.05) is 12.1 Å². The topological polar surface area (TPSA) is 9.23 Å². The molecule has 3 aliphatic carbocycles. The second-order valence-corrected chi connectivity index (χ2v) is 8.82. The number of aryl methyl sites for hydroxylation is 1. The third kappa shape index (κ3) is 3.85. The number of ether oxygens (including phenoxy) is 1. The van der Waals surface area contributed by atoms with Crippen LogP contribution in [-0.4, -0.2) is 6.61 Å². The molecule has 0 radical (unpaired) electrons. The second-order valence-electron chi connectivity index (χ2n) is 8.82. The van der Waals surface area contributed by atoms with Crippen molar-refractivity contribution >= 4 is 0 Å². The first kappa shape index (κ1) is 17.3. The molecule has 5 atom stereocenters. The summed E-state index contributed by atoms with van der Waals surface area (Å²) in [7, 11) is 0. The second kappa shape index (κ2) is 7.25. The van der Waals surface area contributed by atoms with E-state index in [-0.39, 0.29) is 0 Å². The lowest BCUT2D eigenvalue weighted by molar-refractivity contribution is -0.0499. The smallest absolute Gasteiger partial charge is 0.387 e. The van der Waals surface area contributed by atoms with Crippen LogP contribution in [0.5, 0.6) is 5.75 Å². The Kier molecular flexibility index (Phi) is 5.01. The van der Waals surface area contributed by atoms with Crippen LogP contribution in [0.25, 0.3) is 0 Å². The van der Waals surface area contributed by atoms with Crippen molar-refractivity contribution in [3.63, 3.8) is 0 Å². The van der Waals surface area contributed by atoms with E-state index >= 15 is 0 Å². The molecule has 4 rings (SSSR count). The van der Waals surface area contributed by atoms with Crippen molar-refractivity contribution in [1.29, 1.82) is 0 Å². The van der Waals surface area contributed by atoms with Gasteiger partial charge in [-0.2, -0.15) is 8.78 Å². The standard InChI is InChI=1S/C22H30F2O/c1-14-2-3-16-11-17(5-4-15(16)10-14)18-6-7-20-13-21(25-22(23)24)9-8-19(20)12-18/h8-9,13-18,22H,2-7,10-12H2,1H3. The molecule has 0 bridgehead atoms. The zero-order chi connectivity index (χ0) is 17.4. The Labute approximate surface area is 150 Å². The van der Waals surface area contributed by atoms with Gasteiger partial charge in [0.1, 0.15) is 5.75 Å². The molecule has 1 aromatic carbocycles. The maximum atomic E-state index is 12.4. The van der Waals surface area contributed by atoms with Crippen molar-refractivity contribution < 1.29 is 13.5 Å². The van der Waals surface area contributed by atoms with Crippen LogP contribution in [-0.2, 0) is 12.8 Å². The van der Waals surface area contributed by atoms with E-state index in [9.17, 15) is 8.78 Å². The summed E-state index contributed by atoms with van der Waals surface area (Å²) in [5.74, 6) is 4.87. The molecular weight excluding hydrogens is 318 g/mol. The fraction of sp³-hybridized carbons (Fsp3) is 0.727. The third-order valence-electron chi connectivity index (χ3n) is 7.25. The highest BCUT2D eigenvalue weighted by molar-refractivity contribution is 5.37. The highest BCUT2D eigenvalue weighted by Crippen LogP contribution is 2.48. The largest absolute Gasteiger partial charge is 0.435 e. The summed E-state index contributed by atoms with van der Waals surface area (Å²) >= 11 is 0. The minimum atomic E-state index is -2.73. The van der Waals surface area contributed by atoms with Gasteiger partial charge in [-0.3, -0.25) is 0 Å². The molecule has 138 valence electrons. The molecular formula is C22H30F2O. The van der Waals surface area contributed by atoms with Gasteiger partial charge in [-0.1, -0.05) is 19.4 Å². The normalized spacial score (nSPS) is 35.1. The van der Waals surface area contributed by atoms with Crippen LogP contribution in [0.3, 0.4) is 0 Å². The number of rotatable bonds is 3. The quantitative estimate of drug-likeness (QED) is 0.628. The average molecular weight is 348 g/mol. The lowest BCUT2D eigenvalue weighted by Crippen LogP contribution is -2.34. The van der Waals surface area contributed by atoms with Crippen LogP contribution in [0.15, 0.2) is 18.2 Å². The van der Waals surface area contributed by atoms with Gasteiger partial charge in [0.05, 0.1) is 0 Å². The lowest BCUT2D eigenvalue weighted by atomic mass is 9.61. The minimum absolute atomic E-state index is 0.309. The maximum absolute atomic E-state index is 12.4. The molecule has 0 amide bonds. The van der Waals surface area contributed by atoms with Gasteiger partial charge in [-0.15, -0.1) is 0 Å². The van der Waals surface area contributed by atoms with E-state index in [4.69, 9.17) is 0 Å². The molecule has 5 unspecified atom stereocenters. The highest BCUT2D eigenvalue weighted by Gasteiger charge is 2.37. The Morgan fingerprint density at radius 1 is 0.880 bits per heavy atom. The third-order valence-corrected chi connectivity index (χ3v) is 7.25. The number of halogens is 2. The van der Waals surface area contributed by atoms with E-state index in [1.165, 1.54) is 56.1 Å². The first-order chi connectivity index (χ1) is 12.1. The molecule has 0 spiro atoms. The van der Waals surface area contributed by atoms with E-state index in [2.05, 4.69) is 11.7 Å². The number of fused-ring (bicyclic) bond motifs is 2. The van der Waals surface area contributed by atoms with Crippen molar-refractivity contribution in [2.24, 2.45) is 29.6 Å². The zero-order valence-electron chi connectivity index (χ0n) is 15.2. The summed E-state index contributed by atoms with van der Waals surface area (Å²) in [4.78, 5) is 0. The van der Waals surface area contributed by atoms with Crippen molar-refractivity contribution in [3.8, 4) is 5.75 Å². The fourth-order valence-corrected chi connectivity index (χ4v) is 5.93. The van der Waals surface area contributed by atoms with Crippen molar-refractivity contribution in [1.82, 2.24) is 0 Å². The summed E-state index contributed by atoms with van der Waals surface area (Å²) in [5, 5.41) is 0. The number of hydrogen-bond donors (Lipinski definition) is 0. The Morgan fingerprint density at radius 2 is 1.60 bits per heavy atom. The molecule has 2 fully saturated rings. The number of hydrogen-bond acceptors (Lipinski definition) is 1. The summed E-state index contributed by atoms with van der Waals surface area (Å²) in [5.41, 5.74) is 2.58. The number of alkyl halides is 2.